The first-order valence-corrected chi connectivity index (χ1v) is 5.76. The summed E-state index contributed by atoms with van der Waals surface area (Å²) in [5, 5.41) is 8.78. The molecule has 0 radical (unpaired) electrons. The van der Waals surface area contributed by atoms with Crippen molar-refractivity contribution in [2.75, 3.05) is 20.1 Å². The van der Waals surface area contributed by atoms with Gasteiger partial charge in [-0.25, -0.2) is 4.79 Å². The fourth-order valence-corrected chi connectivity index (χ4v) is 1.60. The zero-order valence-electron chi connectivity index (χ0n) is 10.8. The lowest BCUT2D eigenvalue weighted by Crippen LogP contribution is -2.43. The van der Waals surface area contributed by atoms with Crippen molar-refractivity contribution >= 4 is 12.0 Å². The van der Waals surface area contributed by atoms with Gasteiger partial charge in [0.1, 0.15) is 6.54 Å². The Bertz CT molecular complexity index is 448. The van der Waals surface area contributed by atoms with Crippen LogP contribution in [0.15, 0.2) is 37.2 Å². The molecule has 1 rings (SSSR count). The highest BCUT2D eigenvalue weighted by atomic mass is 16.4. The molecule has 102 valence electrons. The van der Waals surface area contributed by atoms with Gasteiger partial charge in [-0.05, 0) is 17.7 Å². The van der Waals surface area contributed by atoms with E-state index >= 15 is 0 Å². The van der Waals surface area contributed by atoms with E-state index in [1.165, 1.54) is 15.9 Å². The number of aliphatic carboxylic acids is 1. The van der Waals surface area contributed by atoms with E-state index in [1.54, 1.807) is 31.6 Å². The Morgan fingerprint density at radius 2 is 2.05 bits per heavy atom. The summed E-state index contributed by atoms with van der Waals surface area (Å²) in [6.45, 7) is 3.78. The molecule has 1 aromatic rings. The van der Waals surface area contributed by atoms with Crippen LogP contribution in [0.2, 0.25) is 0 Å². The monoisotopic (exact) mass is 263 g/mol. The second kappa shape index (κ2) is 7.15. The molecule has 6 nitrogen and oxygen atoms in total. The van der Waals surface area contributed by atoms with Crippen LogP contribution in [0, 0.1) is 0 Å². The third-order valence-corrected chi connectivity index (χ3v) is 2.44. The summed E-state index contributed by atoms with van der Waals surface area (Å²) in [6, 6.07) is 3.26. The number of hydrogen-bond donors (Lipinski definition) is 1. The van der Waals surface area contributed by atoms with Gasteiger partial charge in [0.05, 0.1) is 0 Å². The predicted molar refractivity (Wildman–Crippen MR) is 70.5 cm³/mol. The predicted octanol–water partition coefficient (Wildman–Crippen LogP) is 1.21. The van der Waals surface area contributed by atoms with E-state index in [0.29, 0.717) is 6.54 Å². The number of carbonyl (C=O) groups excluding carboxylic acids is 1. The molecule has 1 heterocycles. The Hall–Kier alpha value is -2.37. The van der Waals surface area contributed by atoms with Crippen molar-refractivity contribution in [1.29, 1.82) is 0 Å². The maximum absolute atomic E-state index is 12.1. The summed E-state index contributed by atoms with van der Waals surface area (Å²) in [4.78, 5) is 29.4. The van der Waals surface area contributed by atoms with Crippen LogP contribution in [0.3, 0.4) is 0 Å². The molecule has 0 aromatic carbocycles. The molecule has 19 heavy (non-hydrogen) atoms. The van der Waals surface area contributed by atoms with Gasteiger partial charge in [-0.15, -0.1) is 6.58 Å². The van der Waals surface area contributed by atoms with Crippen LogP contribution in [0.25, 0.3) is 0 Å². The number of carboxylic acids is 1. The molecular weight excluding hydrogens is 246 g/mol. The van der Waals surface area contributed by atoms with E-state index in [9.17, 15) is 9.59 Å². The van der Waals surface area contributed by atoms with Crippen LogP contribution in [-0.4, -0.2) is 52.0 Å². The van der Waals surface area contributed by atoms with Crippen LogP contribution < -0.4 is 0 Å². The first-order valence-electron chi connectivity index (χ1n) is 5.76. The summed E-state index contributed by atoms with van der Waals surface area (Å²) in [5.74, 6) is -1.05. The normalized spacial score (nSPS) is 9.74. The lowest BCUT2D eigenvalue weighted by Gasteiger charge is -2.26. The molecule has 1 N–H and O–H groups in total. The van der Waals surface area contributed by atoms with Crippen molar-refractivity contribution in [3.63, 3.8) is 0 Å². The molecule has 0 fully saturated rings. The van der Waals surface area contributed by atoms with Gasteiger partial charge in [0.2, 0.25) is 0 Å². The molecule has 0 saturated heterocycles. The van der Waals surface area contributed by atoms with Crippen molar-refractivity contribution in [2.45, 2.75) is 6.54 Å². The van der Waals surface area contributed by atoms with E-state index in [0.717, 1.165) is 5.56 Å². The first kappa shape index (κ1) is 14.7. The van der Waals surface area contributed by atoms with E-state index < -0.39 is 5.97 Å². The third-order valence-electron chi connectivity index (χ3n) is 2.44. The van der Waals surface area contributed by atoms with Gasteiger partial charge in [-0.1, -0.05) is 6.08 Å². The number of carboxylic acid groups (broad SMARTS) is 1. The number of urea groups is 1. The van der Waals surface area contributed by atoms with Crippen molar-refractivity contribution < 1.29 is 14.7 Å². The average Bonchev–Trinajstić information content (AvgIpc) is 2.38. The summed E-state index contributed by atoms with van der Waals surface area (Å²) < 4.78 is 0. The van der Waals surface area contributed by atoms with Crippen LogP contribution in [0.1, 0.15) is 5.56 Å². The maximum atomic E-state index is 12.1. The Balaban J connectivity index is 2.67. The van der Waals surface area contributed by atoms with Gasteiger partial charge >= 0.3 is 12.0 Å². The number of carbonyl (C=O) groups is 2. The second-order valence-corrected chi connectivity index (χ2v) is 4.06. The Kier molecular flexibility index (Phi) is 5.53. The molecule has 0 aliphatic heterocycles. The van der Waals surface area contributed by atoms with Gasteiger partial charge in [0, 0.05) is 32.5 Å². The van der Waals surface area contributed by atoms with Crippen LogP contribution >= 0.6 is 0 Å². The van der Waals surface area contributed by atoms with Gasteiger partial charge in [0.25, 0.3) is 0 Å². The van der Waals surface area contributed by atoms with Crippen molar-refractivity contribution in [1.82, 2.24) is 14.8 Å². The molecule has 2 amide bonds. The lowest BCUT2D eigenvalue weighted by atomic mass is 10.2. The number of aromatic nitrogens is 1. The minimum absolute atomic E-state index is 0.200. The second-order valence-electron chi connectivity index (χ2n) is 4.06. The standard InChI is InChI=1S/C13H17N3O3/c1-3-8-16(10-12(17)18)13(19)15(2)9-11-4-6-14-7-5-11/h3-7H,1,8-10H2,2H3,(H,17,18). The van der Waals surface area contributed by atoms with Gasteiger partial charge in [0.15, 0.2) is 0 Å². The fourth-order valence-electron chi connectivity index (χ4n) is 1.60. The largest absolute Gasteiger partial charge is 0.480 e. The van der Waals surface area contributed by atoms with Gasteiger partial charge in [-0.2, -0.15) is 0 Å². The SMILES string of the molecule is C=CCN(CC(=O)O)C(=O)N(C)Cc1ccncc1. The number of rotatable bonds is 6. The molecule has 0 spiro atoms. The molecule has 6 heteroatoms. The van der Waals surface area contributed by atoms with Crippen molar-refractivity contribution in [3.8, 4) is 0 Å². The van der Waals surface area contributed by atoms with Crippen molar-refractivity contribution in [2.24, 2.45) is 0 Å². The van der Waals surface area contributed by atoms with Gasteiger partial charge in [-0.3, -0.25) is 9.78 Å². The zero-order valence-corrected chi connectivity index (χ0v) is 10.8. The van der Waals surface area contributed by atoms with E-state index in [-0.39, 0.29) is 19.1 Å². The van der Waals surface area contributed by atoms with Crippen LogP contribution in [-0.2, 0) is 11.3 Å². The smallest absolute Gasteiger partial charge is 0.323 e. The Morgan fingerprint density at radius 3 is 2.58 bits per heavy atom. The number of nitrogens with zero attached hydrogens (tertiary/aromatic N) is 3. The number of hydrogen-bond acceptors (Lipinski definition) is 3. The number of pyridine rings is 1. The van der Waals surface area contributed by atoms with E-state index in [2.05, 4.69) is 11.6 Å². The maximum Gasteiger partial charge on any atom is 0.323 e. The van der Waals surface area contributed by atoms with E-state index in [1.807, 2.05) is 0 Å². The minimum atomic E-state index is -1.05. The highest BCUT2D eigenvalue weighted by Gasteiger charge is 2.19. The minimum Gasteiger partial charge on any atom is -0.480 e. The Labute approximate surface area is 112 Å². The van der Waals surface area contributed by atoms with E-state index in [4.69, 9.17) is 5.11 Å². The number of amides is 2. The highest BCUT2D eigenvalue weighted by Crippen LogP contribution is 2.05. The fraction of sp³-hybridized carbons (Fsp3) is 0.308. The molecule has 0 aliphatic carbocycles. The topological polar surface area (TPSA) is 73.7 Å². The van der Waals surface area contributed by atoms with Crippen molar-refractivity contribution in [3.05, 3.63) is 42.7 Å². The Morgan fingerprint density at radius 1 is 1.42 bits per heavy atom. The third kappa shape index (κ3) is 4.79. The highest BCUT2D eigenvalue weighted by molar-refractivity contribution is 5.80. The summed E-state index contributed by atoms with van der Waals surface area (Å²) in [5.41, 5.74) is 0.930. The molecule has 1 aromatic heterocycles. The quantitative estimate of drug-likeness (QED) is 0.783. The average molecular weight is 263 g/mol. The lowest BCUT2D eigenvalue weighted by molar-refractivity contribution is -0.137. The van der Waals surface area contributed by atoms with Crippen LogP contribution in [0.4, 0.5) is 4.79 Å². The first-order chi connectivity index (χ1) is 9.04. The zero-order chi connectivity index (χ0) is 14.3. The molecule has 0 aliphatic rings. The molecule has 0 atom stereocenters. The molecule has 0 bridgehead atoms. The molecule has 0 unspecified atom stereocenters. The molecule has 0 saturated carbocycles. The summed E-state index contributed by atoms with van der Waals surface area (Å²) in [7, 11) is 1.63. The molecular formula is C13H17N3O3. The summed E-state index contributed by atoms with van der Waals surface area (Å²) >= 11 is 0. The van der Waals surface area contributed by atoms with Gasteiger partial charge < -0.3 is 14.9 Å². The van der Waals surface area contributed by atoms with Crippen LogP contribution in [0.5, 0.6) is 0 Å². The summed E-state index contributed by atoms with van der Waals surface area (Å²) in [6.07, 6.45) is 4.79.